The van der Waals surface area contributed by atoms with E-state index in [9.17, 15) is 4.79 Å². The average molecular weight is 472 g/mol. The lowest BCUT2D eigenvalue weighted by Crippen LogP contribution is -2.49. The predicted molar refractivity (Wildman–Crippen MR) is 130 cm³/mol. The van der Waals surface area contributed by atoms with Crippen LogP contribution in [0.5, 0.6) is 23.0 Å². The molecule has 10 nitrogen and oxygen atoms in total. The largest absolute Gasteiger partial charge is 0.492 e. The molecular formula is C24H33N5O5. The average Bonchev–Trinajstić information content (AvgIpc) is 2.87. The van der Waals surface area contributed by atoms with E-state index in [4.69, 9.17) is 29.7 Å². The first-order valence-corrected chi connectivity index (χ1v) is 11.6. The quantitative estimate of drug-likeness (QED) is 0.636. The van der Waals surface area contributed by atoms with Gasteiger partial charge in [-0.15, -0.1) is 0 Å². The molecule has 1 aliphatic heterocycles. The van der Waals surface area contributed by atoms with Crippen LogP contribution < -0.4 is 29.6 Å². The van der Waals surface area contributed by atoms with Crippen molar-refractivity contribution in [3.8, 4) is 23.0 Å². The van der Waals surface area contributed by atoms with Crippen LogP contribution in [0.1, 0.15) is 32.1 Å². The highest BCUT2D eigenvalue weighted by Gasteiger charge is 2.29. The Morgan fingerprint density at radius 1 is 0.824 bits per heavy atom. The Kier molecular flexibility index (Phi) is 7.14. The number of hydrogen-bond donors (Lipinski definition) is 1. The van der Waals surface area contributed by atoms with Crippen LogP contribution in [0.25, 0.3) is 10.9 Å². The zero-order valence-corrected chi connectivity index (χ0v) is 20.3. The zero-order valence-electron chi connectivity index (χ0n) is 20.3. The van der Waals surface area contributed by atoms with Gasteiger partial charge in [0, 0.05) is 32.3 Å². The van der Waals surface area contributed by atoms with Crippen LogP contribution >= 0.6 is 0 Å². The van der Waals surface area contributed by atoms with Crippen LogP contribution in [0, 0.1) is 0 Å². The summed E-state index contributed by atoms with van der Waals surface area (Å²) in [5, 5.41) is 0.494. The minimum atomic E-state index is 0.0960. The Morgan fingerprint density at radius 3 is 2.00 bits per heavy atom. The van der Waals surface area contributed by atoms with E-state index in [0.29, 0.717) is 66.0 Å². The lowest BCUT2D eigenvalue weighted by molar-refractivity contribution is -0.126. The molecule has 2 fully saturated rings. The first kappa shape index (κ1) is 23.7. The van der Waals surface area contributed by atoms with Gasteiger partial charge in [0.15, 0.2) is 11.5 Å². The second kappa shape index (κ2) is 10.2. The van der Waals surface area contributed by atoms with E-state index in [2.05, 4.69) is 4.98 Å². The molecule has 2 aromatic rings. The van der Waals surface area contributed by atoms with Gasteiger partial charge < -0.3 is 34.5 Å². The number of hydrogen-bond acceptors (Lipinski definition) is 9. The van der Waals surface area contributed by atoms with Gasteiger partial charge >= 0.3 is 0 Å². The minimum absolute atomic E-state index is 0.0960. The number of nitrogen functional groups attached to an aromatic ring is 1. The second-order valence-corrected chi connectivity index (χ2v) is 8.44. The summed E-state index contributed by atoms with van der Waals surface area (Å²) in [6.45, 7) is 2.39. The second-order valence-electron chi connectivity index (χ2n) is 8.44. The molecule has 0 unspecified atom stereocenters. The first-order chi connectivity index (χ1) is 16.5. The topological polar surface area (TPSA) is 112 Å². The lowest BCUT2D eigenvalue weighted by atomic mass is 9.94. The summed E-state index contributed by atoms with van der Waals surface area (Å²) >= 11 is 0. The van der Waals surface area contributed by atoms with Gasteiger partial charge in [-0.05, 0) is 25.7 Å². The van der Waals surface area contributed by atoms with Crippen molar-refractivity contribution in [1.82, 2.24) is 14.9 Å². The maximum Gasteiger partial charge on any atom is 0.246 e. The van der Waals surface area contributed by atoms with Crippen molar-refractivity contribution in [2.24, 2.45) is 0 Å². The van der Waals surface area contributed by atoms with Gasteiger partial charge in [-0.2, -0.15) is 4.98 Å². The van der Waals surface area contributed by atoms with Crippen molar-refractivity contribution in [2.75, 3.05) is 65.3 Å². The Labute approximate surface area is 199 Å². The van der Waals surface area contributed by atoms with Crippen LogP contribution in [0.4, 0.5) is 11.8 Å². The number of rotatable bonds is 6. The van der Waals surface area contributed by atoms with E-state index in [1.165, 1.54) is 53.3 Å². The van der Waals surface area contributed by atoms with Gasteiger partial charge in [0.05, 0.1) is 33.8 Å². The number of allylic oxidation sites excluding steroid dienone is 1. The summed E-state index contributed by atoms with van der Waals surface area (Å²) in [5.74, 6) is 2.30. The number of carbonyl (C=O) groups excluding carboxylic acids is 1. The van der Waals surface area contributed by atoms with Gasteiger partial charge in [-0.1, -0.05) is 12.0 Å². The first-order valence-electron chi connectivity index (χ1n) is 11.6. The molecule has 2 heterocycles. The molecule has 1 saturated carbocycles. The highest BCUT2D eigenvalue weighted by molar-refractivity contribution is 6.02. The Hall–Kier alpha value is -3.43. The van der Waals surface area contributed by atoms with E-state index >= 15 is 0 Å². The predicted octanol–water partition coefficient (Wildman–Crippen LogP) is 2.79. The van der Waals surface area contributed by atoms with Crippen LogP contribution in [-0.4, -0.2) is 75.4 Å². The number of methoxy groups -OCH3 is 4. The number of benzene rings is 1. The van der Waals surface area contributed by atoms with E-state index in [-0.39, 0.29) is 11.7 Å². The maximum atomic E-state index is 12.7. The molecule has 1 aliphatic carbocycles. The number of amides is 1. The highest BCUT2D eigenvalue weighted by Crippen LogP contribution is 2.51. The minimum Gasteiger partial charge on any atom is -0.492 e. The molecule has 1 saturated heterocycles. The van der Waals surface area contributed by atoms with Gasteiger partial charge in [0.25, 0.3) is 0 Å². The molecule has 0 spiro atoms. The summed E-state index contributed by atoms with van der Waals surface area (Å²) < 4.78 is 22.2. The van der Waals surface area contributed by atoms with Crippen LogP contribution in [0.15, 0.2) is 11.6 Å². The monoisotopic (exact) mass is 471 g/mol. The van der Waals surface area contributed by atoms with Gasteiger partial charge in [-0.25, -0.2) is 4.98 Å². The third-order valence-corrected chi connectivity index (χ3v) is 6.50. The van der Waals surface area contributed by atoms with Crippen molar-refractivity contribution >= 4 is 28.6 Å². The molecule has 1 aromatic carbocycles. The number of anilines is 2. The fourth-order valence-electron chi connectivity index (χ4n) is 4.72. The summed E-state index contributed by atoms with van der Waals surface area (Å²) in [4.78, 5) is 26.0. The molecule has 0 radical (unpaired) electrons. The third-order valence-electron chi connectivity index (χ3n) is 6.50. The molecule has 34 heavy (non-hydrogen) atoms. The van der Waals surface area contributed by atoms with Crippen LogP contribution in [0.3, 0.4) is 0 Å². The smallest absolute Gasteiger partial charge is 0.246 e. The van der Waals surface area contributed by atoms with Gasteiger partial charge in [0.1, 0.15) is 11.3 Å². The van der Waals surface area contributed by atoms with Crippen molar-refractivity contribution < 1.29 is 23.7 Å². The summed E-state index contributed by atoms with van der Waals surface area (Å²) in [7, 11) is 6.10. The highest BCUT2D eigenvalue weighted by atomic mass is 16.5. The van der Waals surface area contributed by atoms with E-state index < -0.39 is 0 Å². The van der Waals surface area contributed by atoms with Crippen LogP contribution in [0.2, 0.25) is 0 Å². The van der Waals surface area contributed by atoms with E-state index in [0.717, 1.165) is 12.8 Å². The third kappa shape index (κ3) is 4.36. The number of fused-ring (bicyclic) bond motifs is 1. The van der Waals surface area contributed by atoms with Gasteiger partial charge in [-0.3, -0.25) is 4.79 Å². The fourth-order valence-corrected chi connectivity index (χ4v) is 4.72. The SMILES string of the molecule is COc1c(OC)c(OC)c2c(N)nc(N3CCN(C(=O)C=C4CCCCC4)CC3)nc2c1OC. The van der Waals surface area contributed by atoms with Crippen molar-refractivity contribution in [2.45, 2.75) is 32.1 Å². The van der Waals surface area contributed by atoms with E-state index in [1.54, 1.807) is 0 Å². The molecule has 4 rings (SSSR count). The standard InChI is InChI=1S/C24H33N5O5/c1-31-19-17-18(20(32-2)22(34-4)21(19)33-3)26-24(27-23(17)25)29-12-10-28(11-13-29)16(30)14-15-8-6-5-7-9-15/h14H,5-13H2,1-4H3,(H2,25,26,27). The van der Waals surface area contributed by atoms with Gasteiger partial charge in [0.2, 0.25) is 23.4 Å². The number of nitrogens with zero attached hydrogens (tertiary/aromatic N) is 4. The summed E-state index contributed by atoms with van der Waals surface area (Å²) in [5.41, 5.74) is 8.12. The molecule has 1 amide bonds. The molecule has 184 valence electrons. The Morgan fingerprint density at radius 2 is 1.41 bits per heavy atom. The Bertz CT molecular complexity index is 1090. The molecule has 10 heteroatoms. The van der Waals surface area contributed by atoms with Crippen molar-refractivity contribution in [3.63, 3.8) is 0 Å². The van der Waals surface area contributed by atoms with E-state index in [1.807, 2.05) is 15.9 Å². The van der Waals surface area contributed by atoms with Crippen molar-refractivity contribution in [3.05, 3.63) is 11.6 Å². The number of piperazine rings is 1. The number of nitrogens with two attached hydrogens (primary N) is 1. The molecule has 1 aromatic heterocycles. The lowest BCUT2D eigenvalue weighted by Gasteiger charge is -2.34. The maximum absolute atomic E-state index is 12.7. The van der Waals surface area contributed by atoms with Crippen LogP contribution in [-0.2, 0) is 4.79 Å². The molecular weight excluding hydrogens is 438 g/mol. The number of aromatic nitrogens is 2. The molecule has 0 atom stereocenters. The molecule has 2 N–H and O–H groups in total. The molecule has 2 aliphatic rings. The fraction of sp³-hybridized carbons (Fsp3) is 0.542. The normalized spacial score (nSPS) is 16.4. The summed E-state index contributed by atoms with van der Waals surface area (Å²) in [6.07, 6.45) is 7.53. The van der Waals surface area contributed by atoms with Crippen molar-refractivity contribution in [1.29, 1.82) is 0 Å². The zero-order chi connectivity index (χ0) is 24.2. The number of ether oxygens (including phenoxy) is 4. The molecule has 0 bridgehead atoms. The Balaban J connectivity index is 1.61. The number of carbonyl (C=O) groups is 1. The summed E-state index contributed by atoms with van der Waals surface area (Å²) in [6, 6.07) is 0.